The molecule has 33 heavy (non-hydrogen) atoms. The summed E-state index contributed by atoms with van der Waals surface area (Å²) in [6, 6.07) is 7.56. The fourth-order valence-electron chi connectivity index (χ4n) is 3.68. The van der Waals surface area contributed by atoms with E-state index in [1.807, 2.05) is 48.0 Å². The van der Waals surface area contributed by atoms with Gasteiger partial charge in [-0.3, -0.25) is 4.68 Å². The molecule has 1 atom stereocenters. The van der Waals surface area contributed by atoms with E-state index in [9.17, 15) is 0 Å². The Morgan fingerprint density at radius 2 is 2.12 bits per heavy atom. The number of nitrogens with zero attached hydrogens (tertiary/aromatic N) is 8. The van der Waals surface area contributed by atoms with Crippen LogP contribution in [0.1, 0.15) is 24.0 Å². The lowest BCUT2D eigenvalue weighted by molar-refractivity contribution is 0.165. The molecular formula is C21H19N9O2S. The largest absolute Gasteiger partial charge is 0.478 e. The Kier molecular flexibility index (Phi) is 4.64. The van der Waals surface area contributed by atoms with Crippen LogP contribution in [0.2, 0.25) is 0 Å². The van der Waals surface area contributed by atoms with Crippen molar-refractivity contribution in [3.63, 3.8) is 0 Å². The zero-order chi connectivity index (χ0) is 22.4. The fourth-order valence-corrected chi connectivity index (χ4v) is 4.37. The molecule has 1 aliphatic rings. The van der Waals surface area contributed by atoms with Gasteiger partial charge in [-0.1, -0.05) is 11.3 Å². The average Bonchev–Trinajstić information content (AvgIpc) is 3.50. The molecule has 0 saturated carbocycles. The van der Waals surface area contributed by atoms with Crippen molar-refractivity contribution in [1.29, 1.82) is 0 Å². The van der Waals surface area contributed by atoms with E-state index in [0.29, 0.717) is 41.5 Å². The number of anilines is 2. The standard InChI is InChI=1S/C21H19N9O2S/c1-12-11-33-21(24-12)32-15-5-8-31-18-10-13(9-17-27-28-19(15)30(17)18)14-3-6-22-20(25-14)26-16-4-7-23-29(16)2/h3-4,6-7,9-11,15H,5,8H2,1-2H3,(H,22,25,26)/t15-/m0/s1. The van der Waals surface area contributed by atoms with E-state index in [0.717, 1.165) is 22.8 Å². The van der Waals surface area contributed by atoms with E-state index in [1.165, 1.54) is 11.3 Å². The third-order valence-electron chi connectivity index (χ3n) is 5.27. The van der Waals surface area contributed by atoms with Crippen LogP contribution in [0.5, 0.6) is 11.1 Å². The number of thiazole rings is 1. The summed E-state index contributed by atoms with van der Waals surface area (Å²) in [7, 11) is 1.85. The van der Waals surface area contributed by atoms with Crippen LogP contribution in [-0.2, 0) is 7.05 Å². The van der Waals surface area contributed by atoms with Crippen molar-refractivity contribution in [2.75, 3.05) is 11.9 Å². The summed E-state index contributed by atoms with van der Waals surface area (Å²) >= 11 is 1.47. The Morgan fingerprint density at radius 1 is 1.18 bits per heavy atom. The van der Waals surface area contributed by atoms with Gasteiger partial charge in [0.25, 0.3) is 5.19 Å². The van der Waals surface area contributed by atoms with E-state index in [1.54, 1.807) is 17.1 Å². The fraction of sp³-hybridized carbons (Fsp3) is 0.238. The van der Waals surface area contributed by atoms with Crippen molar-refractivity contribution < 1.29 is 9.47 Å². The summed E-state index contributed by atoms with van der Waals surface area (Å²) in [5.41, 5.74) is 3.17. The number of ether oxygens (including phenoxy) is 2. The molecule has 1 N–H and O–H groups in total. The van der Waals surface area contributed by atoms with Gasteiger partial charge in [0.1, 0.15) is 5.82 Å². The Morgan fingerprint density at radius 3 is 2.94 bits per heavy atom. The highest BCUT2D eigenvalue weighted by molar-refractivity contribution is 7.11. The van der Waals surface area contributed by atoms with E-state index in [-0.39, 0.29) is 6.10 Å². The number of pyridine rings is 1. The molecule has 0 amide bonds. The molecule has 6 rings (SSSR count). The molecule has 1 aliphatic heterocycles. The van der Waals surface area contributed by atoms with Gasteiger partial charge in [-0.05, 0) is 19.1 Å². The third kappa shape index (κ3) is 3.63. The number of hydrogen-bond acceptors (Lipinski definition) is 10. The van der Waals surface area contributed by atoms with Crippen molar-refractivity contribution in [2.24, 2.45) is 7.05 Å². The van der Waals surface area contributed by atoms with Crippen LogP contribution in [0.25, 0.3) is 16.9 Å². The predicted octanol–water partition coefficient (Wildman–Crippen LogP) is 3.33. The Bertz CT molecular complexity index is 1460. The molecule has 6 heterocycles. The van der Waals surface area contributed by atoms with Crippen LogP contribution in [0.3, 0.4) is 0 Å². The minimum Gasteiger partial charge on any atom is -0.478 e. The van der Waals surface area contributed by atoms with Crippen molar-refractivity contribution in [3.8, 4) is 22.3 Å². The lowest BCUT2D eigenvalue weighted by atomic mass is 10.2. The second kappa shape index (κ2) is 7.81. The first-order chi connectivity index (χ1) is 16.1. The van der Waals surface area contributed by atoms with Gasteiger partial charge >= 0.3 is 0 Å². The molecule has 11 nitrogen and oxygen atoms in total. The molecular weight excluding hydrogens is 442 g/mol. The number of aromatic nitrogens is 8. The van der Waals surface area contributed by atoms with E-state index in [4.69, 9.17) is 9.47 Å². The second-order valence-electron chi connectivity index (χ2n) is 7.56. The summed E-state index contributed by atoms with van der Waals surface area (Å²) in [5.74, 6) is 2.60. The van der Waals surface area contributed by atoms with Crippen LogP contribution < -0.4 is 14.8 Å². The summed E-state index contributed by atoms with van der Waals surface area (Å²) in [6.45, 7) is 2.42. The number of nitrogens with one attached hydrogen (secondary N) is 1. The molecule has 5 aromatic heterocycles. The highest BCUT2D eigenvalue weighted by Crippen LogP contribution is 2.33. The first kappa shape index (κ1) is 19.6. The highest BCUT2D eigenvalue weighted by Gasteiger charge is 2.27. The van der Waals surface area contributed by atoms with E-state index >= 15 is 0 Å². The molecule has 0 aromatic carbocycles. The van der Waals surface area contributed by atoms with Crippen molar-refractivity contribution in [3.05, 3.63) is 53.6 Å². The number of hydrogen-bond donors (Lipinski definition) is 1. The summed E-state index contributed by atoms with van der Waals surface area (Å²) < 4.78 is 15.8. The van der Waals surface area contributed by atoms with Gasteiger partial charge in [-0.25, -0.2) is 19.4 Å². The maximum atomic E-state index is 6.12. The summed E-state index contributed by atoms with van der Waals surface area (Å²) in [6.07, 6.45) is 3.75. The lowest BCUT2D eigenvalue weighted by Crippen LogP contribution is -2.11. The summed E-state index contributed by atoms with van der Waals surface area (Å²) in [4.78, 5) is 13.4. The first-order valence-electron chi connectivity index (χ1n) is 10.3. The predicted molar refractivity (Wildman–Crippen MR) is 121 cm³/mol. The van der Waals surface area contributed by atoms with Crippen LogP contribution in [0.15, 0.2) is 42.0 Å². The average molecular weight is 462 g/mol. The monoisotopic (exact) mass is 461 g/mol. The van der Waals surface area contributed by atoms with Gasteiger partial charge in [-0.2, -0.15) is 5.10 Å². The molecule has 0 fully saturated rings. The summed E-state index contributed by atoms with van der Waals surface area (Å²) in [5, 5.41) is 18.7. The molecule has 0 bridgehead atoms. The Hall–Kier alpha value is -4.06. The molecule has 0 spiro atoms. The van der Waals surface area contributed by atoms with Gasteiger partial charge < -0.3 is 14.8 Å². The first-order valence-corrected chi connectivity index (χ1v) is 11.2. The Labute approximate surface area is 192 Å². The maximum Gasteiger partial charge on any atom is 0.274 e. The molecule has 5 aromatic rings. The van der Waals surface area contributed by atoms with Gasteiger partial charge in [0.05, 0.1) is 24.2 Å². The van der Waals surface area contributed by atoms with Crippen LogP contribution >= 0.6 is 11.3 Å². The minimum absolute atomic E-state index is 0.300. The maximum absolute atomic E-state index is 6.12. The normalized spacial score (nSPS) is 15.3. The third-order valence-corrected chi connectivity index (χ3v) is 6.12. The lowest BCUT2D eigenvalue weighted by Gasteiger charge is -2.12. The van der Waals surface area contributed by atoms with E-state index in [2.05, 4.69) is 35.6 Å². The molecule has 166 valence electrons. The number of rotatable bonds is 5. The van der Waals surface area contributed by atoms with Crippen LogP contribution in [0.4, 0.5) is 11.8 Å². The molecule has 0 radical (unpaired) electrons. The highest BCUT2D eigenvalue weighted by atomic mass is 32.1. The van der Waals surface area contributed by atoms with Gasteiger partial charge in [-0.15, -0.1) is 10.2 Å². The molecule has 0 saturated heterocycles. The quantitative estimate of drug-likeness (QED) is 0.420. The van der Waals surface area contributed by atoms with Gasteiger partial charge in [0.15, 0.2) is 17.6 Å². The molecule has 12 heteroatoms. The molecule has 0 aliphatic carbocycles. The van der Waals surface area contributed by atoms with Crippen LogP contribution in [-0.4, -0.2) is 45.9 Å². The van der Waals surface area contributed by atoms with Gasteiger partial charge in [0.2, 0.25) is 11.8 Å². The zero-order valence-corrected chi connectivity index (χ0v) is 18.7. The molecule has 0 unspecified atom stereocenters. The van der Waals surface area contributed by atoms with E-state index < -0.39 is 0 Å². The second-order valence-corrected chi connectivity index (χ2v) is 8.38. The van der Waals surface area contributed by atoms with Crippen molar-refractivity contribution in [2.45, 2.75) is 19.4 Å². The van der Waals surface area contributed by atoms with Gasteiger partial charge in [0, 0.05) is 42.7 Å². The SMILES string of the molecule is Cc1csc(O[C@H]2CCOc3cc(-c4ccnc(Nc5ccnn5C)n4)cc4nnc2n34)n1. The zero-order valence-electron chi connectivity index (χ0n) is 17.8. The van der Waals surface area contributed by atoms with Crippen molar-refractivity contribution >= 4 is 28.8 Å². The van der Waals surface area contributed by atoms with Crippen molar-refractivity contribution in [1.82, 2.24) is 39.3 Å². The topological polar surface area (TPSA) is 117 Å². The van der Waals surface area contributed by atoms with Crippen LogP contribution in [0, 0.1) is 6.92 Å². The smallest absolute Gasteiger partial charge is 0.274 e. The Balaban J connectivity index is 1.35. The minimum atomic E-state index is -0.300. The number of aryl methyl sites for hydroxylation is 2.